The molecule has 0 aliphatic heterocycles. The largest absolute Gasteiger partial charge is 0.458 e. The number of hydrogen-bond acceptors (Lipinski definition) is 4. The van der Waals surface area contributed by atoms with Gasteiger partial charge in [0, 0.05) is 11.1 Å². The zero-order valence-electron chi connectivity index (χ0n) is 17.8. The monoisotopic (exact) mass is 390 g/mol. The Hall–Kier alpha value is -1.84. The Labute approximate surface area is 171 Å². The highest BCUT2D eigenvalue weighted by atomic mass is 16.5. The molecule has 4 heteroatoms. The lowest BCUT2D eigenvalue weighted by Crippen LogP contribution is -2.19. The van der Waals surface area contributed by atoms with E-state index in [-0.39, 0.29) is 25.2 Å². The van der Waals surface area contributed by atoms with Gasteiger partial charge in [0.2, 0.25) is 0 Å². The summed E-state index contributed by atoms with van der Waals surface area (Å²) in [5.74, 6) is -0.750. The summed E-state index contributed by atoms with van der Waals surface area (Å²) in [4.78, 5) is 24.8. The van der Waals surface area contributed by atoms with Crippen molar-refractivity contribution in [1.29, 1.82) is 0 Å². The quantitative estimate of drug-likeness (QED) is 0.201. The Bertz CT molecular complexity index is 495. The van der Waals surface area contributed by atoms with Gasteiger partial charge in [-0.2, -0.15) is 0 Å². The molecule has 0 saturated heterocycles. The predicted octanol–water partition coefficient (Wildman–Crippen LogP) is 6.22. The van der Waals surface area contributed by atoms with Gasteiger partial charge < -0.3 is 9.47 Å². The molecular formula is C24H38O4. The number of esters is 2. The third kappa shape index (κ3) is 10.5. The normalized spacial score (nSPS) is 14.8. The number of rotatable bonds is 14. The van der Waals surface area contributed by atoms with Crippen LogP contribution in [0.3, 0.4) is 0 Å². The van der Waals surface area contributed by atoms with Crippen LogP contribution in [0, 0.1) is 0 Å². The minimum atomic E-state index is -0.375. The number of hydrogen-bond donors (Lipinski definition) is 0. The van der Waals surface area contributed by atoms with E-state index in [2.05, 4.69) is 26.0 Å². The Morgan fingerprint density at radius 1 is 0.714 bits per heavy atom. The van der Waals surface area contributed by atoms with Crippen molar-refractivity contribution in [3.63, 3.8) is 0 Å². The Balaban J connectivity index is 2.45. The van der Waals surface area contributed by atoms with Gasteiger partial charge in [-0.1, -0.05) is 63.8 Å². The molecule has 158 valence electrons. The fourth-order valence-corrected chi connectivity index (χ4v) is 3.17. The molecular weight excluding hydrogens is 352 g/mol. The van der Waals surface area contributed by atoms with Crippen LogP contribution in [0.4, 0.5) is 0 Å². The van der Waals surface area contributed by atoms with Crippen molar-refractivity contribution in [3.05, 3.63) is 35.5 Å². The van der Waals surface area contributed by atoms with Gasteiger partial charge in [-0.3, -0.25) is 0 Å². The van der Waals surface area contributed by atoms with Crippen LogP contribution in [0.25, 0.3) is 0 Å². The van der Waals surface area contributed by atoms with Crippen molar-refractivity contribution < 1.29 is 19.1 Å². The van der Waals surface area contributed by atoms with Crippen molar-refractivity contribution in [1.82, 2.24) is 0 Å². The fraction of sp³-hybridized carbons (Fsp3) is 0.667. The number of allylic oxidation sites excluding steroid dienone is 2. The first-order chi connectivity index (χ1) is 13.7. The van der Waals surface area contributed by atoms with Gasteiger partial charge in [0.15, 0.2) is 0 Å². The minimum absolute atomic E-state index is 0.261. The second-order valence-electron chi connectivity index (χ2n) is 7.30. The highest BCUT2D eigenvalue weighted by Gasteiger charge is 2.25. The van der Waals surface area contributed by atoms with Crippen molar-refractivity contribution >= 4 is 11.9 Å². The second-order valence-corrected chi connectivity index (χ2v) is 7.30. The minimum Gasteiger partial charge on any atom is -0.458 e. The third-order valence-corrected chi connectivity index (χ3v) is 4.86. The first-order valence-corrected chi connectivity index (χ1v) is 11.1. The molecule has 1 rings (SSSR count). The topological polar surface area (TPSA) is 52.6 Å². The molecule has 4 nitrogen and oxygen atoms in total. The van der Waals surface area contributed by atoms with Crippen LogP contribution in [-0.4, -0.2) is 25.2 Å². The van der Waals surface area contributed by atoms with Gasteiger partial charge >= 0.3 is 11.9 Å². The Morgan fingerprint density at radius 3 is 1.54 bits per heavy atom. The molecule has 1 aliphatic rings. The molecule has 0 atom stereocenters. The van der Waals surface area contributed by atoms with Crippen LogP contribution in [0.5, 0.6) is 0 Å². The summed E-state index contributed by atoms with van der Waals surface area (Å²) in [6.45, 7) is 4.88. The Kier molecular flexibility index (Phi) is 14.0. The lowest BCUT2D eigenvalue weighted by molar-refractivity contribution is -0.141. The van der Waals surface area contributed by atoms with E-state index in [1.165, 1.54) is 25.7 Å². The molecule has 0 radical (unpaired) electrons. The van der Waals surface area contributed by atoms with Gasteiger partial charge in [0.1, 0.15) is 13.2 Å². The summed E-state index contributed by atoms with van der Waals surface area (Å²) >= 11 is 0. The molecule has 1 aliphatic carbocycles. The molecule has 0 bridgehead atoms. The smallest absolute Gasteiger partial charge is 0.334 e. The van der Waals surface area contributed by atoms with Gasteiger partial charge in [-0.15, -0.1) is 0 Å². The molecule has 0 unspecified atom stereocenters. The van der Waals surface area contributed by atoms with E-state index in [0.717, 1.165) is 38.5 Å². The van der Waals surface area contributed by atoms with Gasteiger partial charge in [0.05, 0.1) is 0 Å². The molecule has 0 aromatic rings. The first kappa shape index (κ1) is 24.2. The maximum absolute atomic E-state index is 12.4. The molecule has 0 aromatic heterocycles. The number of carbonyl (C=O) groups is 2. The van der Waals surface area contributed by atoms with Crippen LogP contribution in [0.2, 0.25) is 0 Å². The Morgan fingerprint density at radius 2 is 1.14 bits per heavy atom. The predicted molar refractivity (Wildman–Crippen MR) is 114 cm³/mol. The molecule has 0 amide bonds. The number of ether oxygens (including phenoxy) is 2. The van der Waals surface area contributed by atoms with Crippen molar-refractivity contribution in [2.24, 2.45) is 0 Å². The molecule has 0 saturated carbocycles. The SMILES string of the molecule is CCCCC/C=C/COC(=O)C1=C(C(=O)OC/C=C/CCCCC)CCCC1. The second kappa shape index (κ2) is 16.1. The lowest BCUT2D eigenvalue weighted by atomic mass is 9.92. The van der Waals surface area contributed by atoms with Crippen molar-refractivity contribution in [2.45, 2.75) is 90.9 Å². The van der Waals surface area contributed by atoms with Crippen LogP contribution in [-0.2, 0) is 19.1 Å². The summed E-state index contributed by atoms with van der Waals surface area (Å²) in [7, 11) is 0. The van der Waals surface area contributed by atoms with E-state index in [0.29, 0.717) is 24.0 Å². The third-order valence-electron chi connectivity index (χ3n) is 4.86. The summed E-state index contributed by atoms with van der Waals surface area (Å²) in [6, 6.07) is 0. The lowest BCUT2D eigenvalue weighted by Gasteiger charge is -2.17. The van der Waals surface area contributed by atoms with E-state index in [1.54, 1.807) is 0 Å². The standard InChI is InChI=1S/C24H38O4/c1-3-5-7-9-11-15-19-27-23(25)21-17-13-14-18-22(21)24(26)28-20-16-12-10-8-6-4-2/h11-12,15-16H,3-10,13-14,17-20H2,1-2H3/b15-11+,16-12+. The van der Waals surface area contributed by atoms with E-state index < -0.39 is 0 Å². The first-order valence-electron chi connectivity index (χ1n) is 11.1. The maximum atomic E-state index is 12.4. The molecule has 0 spiro atoms. The van der Waals surface area contributed by atoms with Crippen LogP contribution < -0.4 is 0 Å². The molecule has 0 heterocycles. The average Bonchev–Trinajstić information content (AvgIpc) is 2.72. The molecule has 0 fully saturated rings. The molecule has 28 heavy (non-hydrogen) atoms. The fourth-order valence-electron chi connectivity index (χ4n) is 3.17. The number of carbonyl (C=O) groups excluding carboxylic acids is 2. The van der Waals surface area contributed by atoms with E-state index in [9.17, 15) is 9.59 Å². The van der Waals surface area contributed by atoms with Crippen molar-refractivity contribution in [3.8, 4) is 0 Å². The summed E-state index contributed by atoms with van der Waals surface area (Å²) < 4.78 is 10.7. The van der Waals surface area contributed by atoms with Gasteiger partial charge in [-0.05, 0) is 51.4 Å². The van der Waals surface area contributed by atoms with E-state index in [1.807, 2.05) is 12.2 Å². The maximum Gasteiger partial charge on any atom is 0.334 e. The molecule has 0 N–H and O–H groups in total. The highest BCUT2D eigenvalue weighted by Crippen LogP contribution is 2.26. The van der Waals surface area contributed by atoms with Gasteiger partial charge in [-0.25, -0.2) is 9.59 Å². The zero-order valence-corrected chi connectivity index (χ0v) is 17.8. The summed E-state index contributed by atoms with van der Waals surface area (Å²) in [6.07, 6.45) is 20.1. The van der Waals surface area contributed by atoms with Crippen LogP contribution in [0.15, 0.2) is 35.5 Å². The van der Waals surface area contributed by atoms with Gasteiger partial charge in [0.25, 0.3) is 0 Å². The summed E-state index contributed by atoms with van der Waals surface area (Å²) in [5.41, 5.74) is 1.00. The van der Waals surface area contributed by atoms with Crippen LogP contribution in [0.1, 0.15) is 90.9 Å². The van der Waals surface area contributed by atoms with Crippen molar-refractivity contribution in [2.75, 3.05) is 13.2 Å². The number of unbranched alkanes of at least 4 members (excludes halogenated alkanes) is 6. The van der Waals surface area contributed by atoms with E-state index >= 15 is 0 Å². The highest BCUT2D eigenvalue weighted by molar-refractivity contribution is 6.00. The summed E-state index contributed by atoms with van der Waals surface area (Å²) in [5, 5.41) is 0. The average molecular weight is 391 g/mol. The van der Waals surface area contributed by atoms with E-state index in [4.69, 9.17) is 9.47 Å². The zero-order chi connectivity index (χ0) is 20.5. The molecule has 0 aromatic carbocycles. The van der Waals surface area contributed by atoms with Crippen LogP contribution >= 0.6 is 0 Å².